The molecule has 0 radical (unpaired) electrons. The van der Waals surface area contributed by atoms with Crippen LogP contribution in [-0.2, 0) is 9.53 Å². The summed E-state index contributed by atoms with van der Waals surface area (Å²) in [7, 11) is 1.32. The van der Waals surface area contributed by atoms with Crippen LogP contribution in [0.5, 0.6) is 5.75 Å². The monoisotopic (exact) mass is 428 g/mol. The van der Waals surface area contributed by atoms with Crippen molar-refractivity contribution in [3.8, 4) is 23.1 Å². The molecule has 1 aliphatic rings. The largest absolute Gasteiger partial charge is 0.482 e. The number of aromatic nitrogens is 3. The second-order valence-electron chi connectivity index (χ2n) is 7.02. The van der Waals surface area contributed by atoms with Crippen molar-refractivity contribution >= 4 is 34.7 Å². The molecule has 0 saturated heterocycles. The molecule has 3 heterocycles. The Balaban J connectivity index is 1.63. The van der Waals surface area contributed by atoms with Crippen molar-refractivity contribution in [1.82, 2.24) is 14.6 Å². The van der Waals surface area contributed by atoms with Crippen molar-refractivity contribution in [2.24, 2.45) is 0 Å². The van der Waals surface area contributed by atoms with E-state index in [0.29, 0.717) is 45.4 Å². The molecule has 0 atom stereocenters. The highest BCUT2D eigenvalue weighted by atomic mass is 16.5. The number of ether oxygens (including phenoxy) is 2. The Morgan fingerprint density at radius 1 is 1.31 bits per heavy atom. The maximum absolute atomic E-state index is 11.9. The second kappa shape index (κ2) is 7.48. The Bertz CT molecular complexity index is 1430. The molecule has 0 unspecified atom stereocenters. The number of hydrogen-bond donors (Lipinski definition) is 3. The summed E-state index contributed by atoms with van der Waals surface area (Å²) in [5, 5.41) is 19.8. The lowest BCUT2D eigenvalue weighted by atomic mass is 10.1. The zero-order valence-electron chi connectivity index (χ0n) is 16.8. The van der Waals surface area contributed by atoms with E-state index in [1.165, 1.54) is 13.3 Å². The maximum Gasteiger partial charge on any atom is 0.337 e. The van der Waals surface area contributed by atoms with Crippen LogP contribution < -0.4 is 15.4 Å². The molecule has 2 aromatic heterocycles. The Morgan fingerprint density at radius 2 is 2.19 bits per heavy atom. The van der Waals surface area contributed by atoms with Crippen LogP contribution in [0.2, 0.25) is 0 Å². The summed E-state index contributed by atoms with van der Waals surface area (Å²) in [5.41, 5.74) is 3.80. The molecule has 0 fully saturated rings. The highest BCUT2D eigenvalue weighted by molar-refractivity contribution is 5.97. The van der Waals surface area contributed by atoms with Crippen LogP contribution >= 0.6 is 0 Å². The number of nitriles is 1. The highest BCUT2D eigenvalue weighted by Gasteiger charge is 2.21. The fourth-order valence-corrected chi connectivity index (χ4v) is 3.55. The second-order valence-corrected chi connectivity index (χ2v) is 7.02. The number of rotatable bonds is 4. The van der Waals surface area contributed by atoms with Gasteiger partial charge in [-0.2, -0.15) is 14.9 Å². The number of aromatic amines is 1. The molecule has 3 N–H and O–H groups in total. The number of nitrogens with one attached hydrogen (secondary N) is 3. The minimum atomic E-state index is -0.454. The Morgan fingerprint density at radius 3 is 3.00 bits per heavy atom. The number of carbonyl (C=O) groups excluding carboxylic acids is 2. The smallest absolute Gasteiger partial charge is 0.337 e. The zero-order chi connectivity index (χ0) is 22.2. The number of carbonyl (C=O) groups is 2. The van der Waals surface area contributed by atoms with E-state index in [1.807, 2.05) is 6.07 Å². The average molecular weight is 428 g/mol. The average Bonchev–Trinajstić information content (AvgIpc) is 3.38. The first-order valence-corrected chi connectivity index (χ1v) is 9.59. The predicted molar refractivity (Wildman–Crippen MR) is 115 cm³/mol. The molecule has 10 nitrogen and oxygen atoms in total. The Labute approximate surface area is 181 Å². The molecule has 0 saturated carbocycles. The normalized spacial score (nSPS) is 12.4. The summed E-state index contributed by atoms with van der Waals surface area (Å²) in [4.78, 5) is 26.9. The molecule has 1 aliphatic heterocycles. The number of anilines is 3. The number of benzene rings is 2. The molecule has 0 spiro atoms. The van der Waals surface area contributed by atoms with Crippen LogP contribution in [0.15, 0.2) is 48.7 Å². The van der Waals surface area contributed by atoms with Crippen molar-refractivity contribution in [3.05, 3.63) is 59.8 Å². The molecule has 32 heavy (non-hydrogen) atoms. The van der Waals surface area contributed by atoms with Crippen molar-refractivity contribution in [2.45, 2.75) is 0 Å². The summed E-state index contributed by atoms with van der Waals surface area (Å²) >= 11 is 0. The minimum absolute atomic E-state index is 0.0302. The van der Waals surface area contributed by atoms with Gasteiger partial charge in [0.15, 0.2) is 18.1 Å². The van der Waals surface area contributed by atoms with Gasteiger partial charge < -0.3 is 25.1 Å². The lowest BCUT2D eigenvalue weighted by molar-refractivity contribution is -0.118. The van der Waals surface area contributed by atoms with Crippen LogP contribution in [-0.4, -0.2) is 40.2 Å². The summed E-state index contributed by atoms with van der Waals surface area (Å²) in [6, 6.07) is 14.3. The lowest BCUT2D eigenvalue weighted by Crippen LogP contribution is -2.25. The van der Waals surface area contributed by atoms with E-state index in [0.717, 1.165) is 5.56 Å². The number of fused-ring (bicyclic) bond motifs is 2. The topological polar surface area (TPSA) is 134 Å². The van der Waals surface area contributed by atoms with Crippen LogP contribution in [0.1, 0.15) is 15.9 Å². The molecule has 0 bridgehead atoms. The van der Waals surface area contributed by atoms with Gasteiger partial charge in [0.25, 0.3) is 5.91 Å². The van der Waals surface area contributed by atoms with Gasteiger partial charge in [0.2, 0.25) is 0 Å². The van der Waals surface area contributed by atoms with Gasteiger partial charge in [-0.25, -0.2) is 4.79 Å². The van der Waals surface area contributed by atoms with E-state index in [9.17, 15) is 14.9 Å². The van der Waals surface area contributed by atoms with Gasteiger partial charge in [-0.05, 0) is 36.4 Å². The third-order valence-corrected chi connectivity index (χ3v) is 5.03. The molecule has 2 aromatic carbocycles. The third kappa shape index (κ3) is 3.18. The summed E-state index contributed by atoms with van der Waals surface area (Å²) in [6.45, 7) is -0.0302. The minimum Gasteiger partial charge on any atom is -0.482 e. The van der Waals surface area contributed by atoms with Gasteiger partial charge in [0, 0.05) is 11.3 Å². The van der Waals surface area contributed by atoms with Crippen LogP contribution in [0, 0.1) is 11.3 Å². The van der Waals surface area contributed by atoms with Crippen LogP contribution in [0.3, 0.4) is 0 Å². The fraction of sp³-hybridized carbons (Fsp3) is 0.0909. The summed E-state index contributed by atoms with van der Waals surface area (Å²) < 4.78 is 11.8. The van der Waals surface area contributed by atoms with Gasteiger partial charge in [-0.3, -0.25) is 4.79 Å². The number of nitrogens with zero attached hydrogens (tertiary/aromatic N) is 3. The van der Waals surface area contributed by atoms with Crippen molar-refractivity contribution in [2.75, 3.05) is 24.4 Å². The number of amides is 1. The van der Waals surface area contributed by atoms with E-state index >= 15 is 0 Å². The van der Waals surface area contributed by atoms with Crippen molar-refractivity contribution in [1.29, 1.82) is 5.26 Å². The van der Waals surface area contributed by atoms with Gasteiger partial charge in [0.05, 0.1) is 30.3 Å². The van der Waals surface area contributed by atoms with Gasteiger partial charge in [-0.15, -0.1) is 0 Å². The van der Waals surface area contributed by atoms with E-state index in [1.54, 1.807) is 40.9 Å². The lowest BCUT2D eigenvalue weighted by Gasteiger charge is -2.18. The summed E-state index contributed by atoms with van der Waals surface area (Å²) in [5.74, 6) is 0.430. The fourth-order valence-electron chi connectivity index (χ4n) is 3.55. The quantitative estimate of drug-likeness (QED) is 0.425. The Kier molecular flexibility index (Phi) is 4.49. The number of hydrogen-bond acceptors (Lipinski definition) is 7. The molecule has 10 heteroatoms. The van der Waals surface area contributed by atoms with E-state index < -0.39 is 5.97 Å². The van der Waals surface area contributed by atoms with Crippen molar-refractivity contribution in [3.63, 3.8) is 0 Å². The van der Waals surface area contributed by atoms with Gasteiger partial charge >= 0.3 is 5.97 Å². The first-order valence-electron chi connectivity index (χ1n) is 9.59. The SMILES string of the molecule is COC(=O)c1cccc(Nc2c(-c3ccc4c(c3)NC(=O)CO4)[nH]c3c(C#N)cnn23)c1. The summed E-state index contributed by atoms with van der Waals surface area (Å²) in [6.07, 6.45) is 1.46. The zero-order valence-corrected chi connectivity index (χ0v) is 16.8. The highest BCUT2D eigenvalue weighted by Crippen LogP contribution is 2.37. The van der Waals surface area contributed by atoms with Crippen LogP contribution in [0.25, 0.3) is 16.9 Å². The molecule has 5 rings (SSSR count). The Hall–Kier alpha value is -4.78. The van der Waals surface area contributed by atoms with Crippen molar-refractivity contribution < 1.29 is 19.1 Å². The predicted octanol–water partition coefficient (Wildman–Crippen LogP) is 3.06. The molecule has 1 amide bonds. The maximum atomic E-state index is 11.9. The molecule has 158 valence electrons. The first kappa shape index (κ1) is 19.2. The number of H-pyrrole nitrogens is 1. The molecule has 4 aromatic rings. The van der Waals surface area contributed by atoms with E-state index in [2.05, 4.69) is 26.8 Å². The standard InChI is InChI=1S/C22H16N6O4/c1-31-22(30)13-3-2-4-15(7-13)25-21-19(27-20-14(9-23)10-24-28(20)21)12-5-6-17-16(8-12)26-18(29)11-32-17/h2-8,10,25,27H,11H2,1H3,(H,26,29). The number of imidazole rings is 1. The molecular weight excluding hydrogens is 412 g/mol. The van der Waals surface area contributed by atoms with Crippen LogP contribution in [0.4, 0.5) is 17.2 Å². The first-order chi connectivity index (χ1) is 15.6. The number of methoxy groups -OCH3 is 1. The molecular formula is C22H16N6O4. The number of esters is 1. The van der Waals surface area contributed by atoms with E-state index in [4.69, 9.17) is 9.47 Å². The van der Waals surface area contributed by atoms with Gasteiger partial charge in [0.1, 0.15) is 17.4 Å². The molecule has 0 aliphatic carbocycles. The third-order valence-electron chi connectivity index (χ3n) is 5.03. The van der Waals surface area contributed by atoms with Gasteiger partial charge in [-0.1, -0.05) is 6.07 Å². The van der Waals surface area contributed by atoms with E-state index in [-0.39, 0.29) is 12.5 Å².